The number of aromatic nitrogens is 1. The Morgan fingerprint density at radius 2 is 1.76 bits per heavy atom. The van der Waals surface area contributed by atoms with Crippen LogP contribution in [0.1, 0.15) is 28.9 Å². The summed E-state index contributed by atoms with van der Waals surface area (Å²) < 4.78 is 5.49. The van der Waals surface area contributed by atoms with Gasteiger partial charge in [0.2, 0.25) is 0 Å². The topological polar surface area (TPSA) is 45.7 Å². The molecule has 0 bridgehead atoms. The number of rotatable bonds is 3. The first kappa shape index (κ1) is 16.5. The molecule has 0 N–H and O–H groups in total. The number of morpholine rings is 1. The molecule has 0 saturated carbocycles. The van der Waals surface area contributed by atoms with Gasteiger partial charge >= 0.3 is 0 Å². The Kier molecular flexibility index (Phi) is 4.99. The van der Waals surface area contributed by atoms with Gasteiger partial charge in [-0.25, -0.2) is 0 Å². The lowest BCUT2D eigenvalue weighted by atomic mass is 10.1. The summed E-state index contributed by atoms with van der Waals surface area (Å²) in [6.07, 6.45) is 7.08. The van der Waals surface area contributed by atoms with E-state index in [2.05, 4.69) is 16.0 Å². The lowest BCUT2D eigenvalue weighted by Gasteiger charge is -2.28. The van der Waals surface area contributed by atoms with Crippen LogP contribution in [0.2, 0.25) is 0 Å². The maximum atomic E-state index is 13.0. The van der Waals surface area contributed by atoms with Crippen LogP contribution in [0.5, 0.6) is 0 Å². The summed E-state index contributed by atoms with van der Waals surface area (Å²) in [4.78, 5) is 22.3. The van der Waals surface area contributed by atoms with E-state index >= 15 is 0 Å². The molecule has 0 aromatic carbocycles. The Morgan fingerprint density at radius 3 is 2.48 bits per heavy atom. The smallest absolute Gasteiger partial charge is 0.264 e. The predicted molar refractivity (Wildman–Crippen MR) is 100 cm³/mol. The van der Waals surface area contributed by atoms with Gasteiger partial charge < -0.3 is 14.5 Å². The van der Waals surface area contributed by atoms with E-state index in [1.807, 2.05) is 29.4 Å². The van der Waals surface area contributed by atoms with E-state index in [0.717, 1.165) is 68.2 Å². The molecule has 25 heavy (non-hydrogen) atoms. The molecule has 0 unspecified atom stereocenters. The molecule has 2 aromatic rings. The van der Waals surface area contributed by atoms with Crippen LogP contribution >= 0.6 is 11.3 Å². The Hall–Kier alpha value is -1.92. The van der Waals surface area contributed by atoms with Gasteiger partial charge in [0.25, 0.3) is 5.91 Å². The normalized spacial score (nSPS) is 18.4. The number of carbonyl (C=O) groups is 1. The van der Waals surface area contributed by atoms with E-state index in [4.69, 9.17) is 4.74 Å². The second-order valence-electron chi connectivity index (χ2n) is 6.52. The molecule has 2 fully saturated rings. The minimum atomic E-state index is 0.180. The summed E-state index contributed by atoms with van der Waals surface area (Å²) in [5.41, 5.74) is 2.25. The van der Waals surface area contributed by atoms with Crippen molar-refractivity contribution in [3.8, 4) is 11.1 Å². The first-order valence-corrected chi connectivity index (χ1v) is 9.81. The van der Waals surface area contributed by atoms with E-state index in [9.17, 15) is 4.79 Å². The van der Waals surface area contributed by atoms with Gasteiger partial charge in [0.15, 0.2) is 0 Å². The minimum Gasteiger partial charge on any atom is -0.378 e. The van der Waals surface area contributed by atoms with Crippen LogP contribution in [0, 0.1) is 0 Å². The summed E-state index contributed by atoms with van der Waals surface area (Å²) in [5, 5.41) is 1.18. The van der Waals surface area contributed by atoms with Crippen molar-refractivity contribution in [2.75, 3.05) is 44.3 Å². The zero-order valence-electron chi connectivity index (χ0n) is 14.3. The van der Waals surface area contributed by atoms with Crippen molar-refractivity contribution in [2.24, 2.45) is 0 Å². The first-order valence-electron chi connectivity index (χ1n) is 8.99. The van der Waals surface area contributed by atoms with Crippen molar-refractivity contribution < 1.29 is 9.53 Å². The van der Waals surface area contributed by atoms with Gasteiger partial charge in [-0.1, -0.05) is 0 Å². The quantitative estimate of drug-likeness (QED) is 0.846. The zero-order chi connectivity index (χ0) is 17.1. The van der Waals surface area contributed by atoms with Crippen molar-refractivity contribution in [3.05, 3.63) is 35.5 Å². The average Bonchev–Trinajstić information content (AvgIpc) is 3.15. The largest absolute Gasteiger partial charge is 0.378 e. The molecule has 132 valence electrons. The SMILES string of the molecule is O=C(c1cc(-c2ccncc2)c(N2CCOCC2)s1)N1CCCCC1. The third-order valence-corrected chi connectivity index (χ3v) is 6.04. The van der Waals surface area contributed by atoms with Gasteiger partial charge in [-0.3, -0.25) is 9.78 Å². The molecule has 6 heteroatoms. The van der Waals surface area contributed by atoms with Gasteiger partial charge in [0, 0.05) is 44.1 Å². The predicted octanol–water partition coefficient (Wildman–Crippen LogP) is 3.27. The molecule has 0 spiro atoms. The highest BCUT2D eigenvalue weighted by Crippen LogP contribution is 2.39. The van der Waals surface area contributed by atoms with E-state index in [0.29, 0.717) is 0 Å². The Morgan fingerprint density at radius 1 is 1.04 bits per heavy atom. The second kappa shape index (κ2) is 7.54. The molecule has 2 aromatic heterocycles. The number of hydrogen-bond acceptors (Lipinski definition) is 5. The van der Waals surface area contributed by atoms with Gasteiger partial charge in [-0.2, -0.15) is 0 Å². The van der Waals surface area contributed by atoms with E-state index in [1.165, 1.54) is 11.4 Å². The van der Waals surface area contributed by atoms with Crippen LogP contribution in [-0.2, 0) is 4.74 Å². The number of carbonyl (C=O) groups excluding carboxylic acids is 1. The molecule has 4 heterocycles. The molecule has 0 radical (unpaired) electrons. The molecule has 0 atom stereocenters. The maximum Gasteiger partial charge on any atom is 0.264 e. The van der Waals surface area contributed by atoms with Gasteiger partial charge in [-0.05, 0) is 43.0 Å². The number of likely N-dealkylation sites (tertiary alicyclic amines) is 1. The number of hydrogen-bond donors (Lipinski definition) is 0. The summed E-state index contributed by atoms with van der Waals surface area (Å²) in [6, 6.07) is 6.10. The zero-order valence-corrected chi connectivity index (χ0v) is 15.1. The van der Waals surface area contributed by atoms with Crippen molar-refractivity contribution >= 4 is 22.2 Å². The Balaban J connectivity index is 1.68. The van der Waals surface area contributed by atoms with Crippen LogP contribution in [0.4, 0.5) is 5.00 Å². The van der Waals surface area contributed by atoms with Crippen molar-refractivity contribution in [1.82, 2.24) is 9.88 Å². The fourth-order valence-electron chi connectivity index (χ4n) is 3.48. The minimum absolute atomic E-state index is 0.180. The fraction of sp³-hybridized carbons (Fsp3) is 0.474. The van der Waals surface area contributed by atoms with E-state index in [-0.39, 0.29) is 5.91 Å². The van der Waals surface area contributed by atoms with Crippen molar-refractivity contribution in [3.63, 3.8) is 0 Å². The first-order chi connectivity index (χ1) is 12.3. The second-order valence-corrected chi connectivity index (χ2v) is 7.55. The molecule has 5 nitrogen and oxygen atoms in total. The third kappa shape index (κ3) is 3.55. The lowest BCUT2D eigenvalue weighted by molar-refractivity contribution is 0.0729. The number of anilines is 1. The summed E-state index contributed by atoms with van der Waals surface area (Å²) in [5.74, 6) is 0.180. The molecule has 2 aliphatic heterocycles. The van der Waals surface area contributed by atoms with E-state index in [1.54, 1.807) is 11.3 Å². The molecular weight excluding hydrogens is 334 g/mol. The lowest BCUT2D eigenvalue weighted by Crippen LogP contribution is -2.36. The van der Waals surface area contributed by atoms with Crippen molar-refractivity contribution in [1.29, 1.82) is 0 Å². The summed E-state index contributed by atoms with van der Waals surface area (Å²) in [6.45, 7) is 4.99. The summed E-state index contributed by atoms with van der Waals surface area (Å²) in [7, 11) is 0. The standard InChI is InChI=1S/C19H23N3O2S/c23-18(21-8-2-1-3-9-21)17-14-16(15-4-6-20-7-5-15)19(25-17)22-10-12-24-13-11-22/h4-7,14H,1-3,8-13H2. The number of thiophene rings is 1. The summed E-state index contributed by atoms with van der Waals surface area (Å²) >= 11 is 1.62. The van der Waals surface area contributed by atoms with Gasteiger partial charge in [0.05, 0.1) is 23.1 Å². The highest BCUT2D eigenvalue weighted by Gasteiger charge is 2.25. The van der Waals surface area contributed by atoms with Gasteiger partial charge in [0.1, 0.15) is 0 Å². The number of piperidine rings is 1. The van der Waals surface area contributed by atoms with Crippen LogP contribution in [0.25, 0.3) is 11.1 Å². The van der Waals surface area contributed by atoms with Crippen molar-refractivity contribution in [2.45, 2.75) is 19.3 Å². The number of nitrogens with zero attached hydrogens (tertiary/aromatic N) is 3. The molecule has 4 rings (SSSR count). The van der Waals surface area contributed by atoms with Crippen LogP contribution in [0.15, 0.2) is 30.6 Å². The number of ether oxygens (including phenoxy) is 1. The molecule has 1 amide bonds. The molecule has 2 saturated heterocycles. The molecule has 0 aliphatic carbocycles. The van der Waals surface area contributed by atoms with Crippen LogP contribution < -0.4 is 4.90 Å². The Labute approximate surface area is 152 Å². The highest BCUT2D eigenvalue weighted by molar-refractivity contribution is 7.18. The maximum absolute atomic E-state index is 13.0. The fourth-order valence-corrected chi connectivity index (χ4v) is 4.68. The Bertz CT molecular complexity index is 720. The average molecular weight is 357 g/mol. The molecular formula is C19H23N3O2S. The van der Waals surface area contributed by atoms with Crippen LogP contribution in [-0.4, -0.2) is 55.2 Å². The van der Waals surface area contributed by atoms with Crippen LogP contribution in [0.3, 0.4) is 0 Å². The number of pyridine rings is 1. The van der Waals surface area contributed by atoms with E-state index < -0.39 is 0 Å². The highest BCUT2D eigenvalue weighted by atomic mass is 32.1. The third-order valence-electron chi connectivity index (χ3n) is 4.86. The number of amides is 1. The monoisotopic (exact) mass is 357 g/mol. The van der Waals surface area contributed by atoms with Gasteiger partial charge in [-0.15, -0.1) is 11.3 Å². The molecule has 2 aliphatic rings.